The molecule has 0 spiro atoms. The van der Waals surface area contributed by atoms with Gasteiger partial charge in [0.05, 0.1) is 42.1 Å². The van der Waals surface area contributed by atoms with Crippen LogP contribution in [0, 0.1) is 11.6 Å². The van der Waals surface area contributed by atoms with E-state index >= 15 is 0 Å². The van der Waals surface area contributed by atoms with Crippen molar-refractivity contribution < 1.29 is 17.6 Å². The Morgan fingerprint density at radius 2 is 1.28 bits per heavy atom. The number of fused-ring (bicyclic) bond motifs is 2. The zero-order valence-electron chi connectivity index (χ0n) is 21.6. The van der Waals surface area contributed by atoms with Crippen molar-refractivity contribution in [3.63, 3.8) is 0 Å². The van der Waals surface area contributed by atoms with E-state index < -0.39 is 17.3 Å². The molecule has 0 atom stereocenters. The van der Waals surface area contributed by atoms with Gasteiger partial charge in [-0.25, -0.2) is 38.5 Å². The van der Waals surface area contributed by atoms with Crippen molar-refractivity contribution in [3.05, 3.63) is 102 Å². The number of aromatic amines is 3. The normalized spacial score (nSPS) is 11.1. The van der Waals surface area contributed by atoms with Crippen LogP contribution in [0.1, 0.15) is 0 Å². The molecule has 8 aromatic heterocycles. The van der Waals surface area contributed by atoms with E-state index in [4.69, 9.17) is 8.83 Å². The van der Waals surface area contributed by atoms with Crippen LogP contribution in [0.25, 0.3) is 67.8 Å². The van der Waals surface area contributed by atoms with Crippen LogP contribution in [-0.2, 0) is 0 Å². The molecule has 13 nitrogen and oxygen atoms in total. The Kier molecular flexibility index (Phi) is 6.27. The summed E-state index contributed by atoms with van der Waals surface area (Å²) in [5, 5.41) is 0. The van der Waals surface area contributed by atoms with Gasteiger partial charge in [-0.1, -0.05) is 0 Å². The number of pyridine rings is 4. The number of aromatic nitrogens is 10. The van der Waals surface area contributed by atoms with Crippen LogP contribution in [-0.4, -0.2) is 49.8 Å². The molecule has 3 N–H and O–H groups in total. The van der Waals surface area contributed by atoms with Crippen LogP contribution in [0.3, 0.4) is 0 Å². The highest BCUT2D eigenvalue weighted by Crippen LogP contribution is 2.34. The lowest BCUT2D eigenvalue weighted by atomic mass is 10.0. The summed E-state index contributed by atoms with van der Waals surface area (Å²) in [4.78, 5) is 48.0. The largest absolute Gasteiger partial charge is 0.443 e. The summed E-state index contributed by atoms with van der Waals surface area (Å²) in [6.45, 7) is 0. The van der Waals surface area contributed by atoms with E-state index in [-0.39, 0.29) is 5.89 Å². The first-order chi connectivity index (χ1) is 21.0. The van der Waals surface area contributed by atoms with Gasteiger partial charge >= 0.3 is 5.69 Å². The third-order valence-corrected chi connectivity index (χ3v) is 6.31. The molecule has 8 aromatic rings. The van der Waals surface area contributed by atoms with Crippen LogP contribution in [0.5, 0.6) is 0 Å². The molecule has 0 saturated carbocycles. The van der Waals surface area contributed by atoms with Crippen molar-refractivity contribution >= 4 is 22.3 Å². The second kappa shape index (κ2) is 10.5. The Morgan fingerprint density at radius 1 is 0.674 bits per heavy atom. The number of nitrogens with zero attached hydrogens (tertiary/aromatic N) is 7. The predicted octanol–water partition coefficient (Wildman–Crippen LogP) is 4.92. The van der Waals surface area contributed by atoms with Gasteiger partial charge in [0.2, 0.25) is 11.8 Å². The highest BCUT2D eigenvalue weighted by molar-refractivity contribution is 5.87. The van der Waals surface area contributed by atoms with Crippen molar-refractivity contribution in [2.45, 2.75) is 0 Å². The SMILES string of the molecule is Fc1cnccc1-c1cc2[nH]cnc2nc1-c1ncco1.O=c1[nH]c2cc(-c3ccncc3F)c(-c3ncco3)nc2[nH]1. The first-order valence-electron chi connectivity index (χ1n) is 12.5. The second-order valence-electron chi connectivity index (χ2n) is 8.90. The molecular formula is C28H16F2N10O3. The third kappa shape index (κ3) is 4.80. The fraction of sp³-hybridized carbons (Fsp3) is 0. The number of halogens is 2. The Labute approximate surface area is 237 Å². The molecule has 0 fully saturated rings. The molecule has 0 amide bonds. The Hall–Kier alpha value is -6.38. The van der Waals surface area contributed by atoms with E-state index in [2.05, 4.69) is 49.8 Å². The van der Waals surface area contributed by atoms with Gasteiger partial charge in [0.25, 0.3) is 0 Å². The van der Waals surface area contributed by atoms with Gasteiger partial charge in [-0.3, -0.25) is 15.0 Å². The summed E-state index contributed by atoms with van der Waals surface area (Å²) >= 11 is 0. The number of oxazole rings is 2. The van der Waals surface area contributed by atoms with Crippen LogP contribution in [0.2, 0.25) is 0 Å². The summed E-state index contributed by atoms with van der Waals surface area (Å²) < 4.78 is 38.7. The van der Waals surface area contributed by atoms with Gasteiger partial charge in [0, 0.05) is 34.6 Å². The lowest BCUT2D eigenvalue weighted by Crippen LogP contribution is -1.99. The highest BCUT2D eigenvalue weighted by atomic mass is 19.1. The molecule has 0 aliphatic carbocycles. The topological polar surface area (TPSA) is 181 Å². The summed E-state index contributed by atoms with van der Waals surface area (Å²) in [5.74, 6) is -0.401. The quantitative estimate of drug-likeness (QED) is 0.259. The highest BCUT2D eigenvalue weighted by Gasteiger charge is 2.19. The molecular weight excluding hydrogens is 562 g/mol. The summed E-state index contributed by atoms with van der Waals surface area (Å²) in [6, 6.07) is 6.50. The molecule has 43 heavy (non-hydrogen) atoms. The molecule has 0 aliphatic heterocycles. The molecule has 8 heterocycles. The number of rotatable bonds is 4. The fourth-order valence-electron chi connectivity index (χ4n) is 4.44. The smallest absolute Gasteiger partial charge is 0.325 e. The van der Waals surface area contributed by atoms with Gasteiger partial charge in [-0.15, -0.1) is 0 Å². The molecule has 0 saturated heterocycles. The monoisotopic (exact) mass is 578 g/mol. The van der Waals surface area contributed by atoms with Crippen LogP contribution >= 0.6 is 0 Å². The minimum Gasteiger partial charge on any atom is -0.443 e. The van der Waals surface area contributed by atoms with E-state index in [0.717, 1.165) is 12.4 Å². The number of imidazole rings is 2. The lowest BCUT2D eigenvalue weighted by Gasteiger charge is -2.07. The maximum Gasteiger partial charge on any atom is 0.325 e. The first-order valence-corrected chi connectivity index (χ1v) is 12.5. The molecule has 15 heteroatoms. The van der Waals surface area contributed by atoms with E-state index in [1.165, 1.54) is 49.7 Å². The van der Waals surface area contributed by atoms with Crippen molar-refractivity contribution in [2.24, 2.45) is 0 Å². The first kappa shape index (κ1) is 25.6. The molecule has 0 radical (unpaired) electrons. The molecule has 0 unspecified atom stereocenters. The Balaban J connectivity index is 0.000000140. The van der Waals surface area contributed by atoms with Crippen molar-refractivity contribution in [2.75, 3.05) is 0 Å². The molecule has 8 rings (SSSR count). The maximum atomic E-state index is 14.1. The van der Waals surface area contributed by atoms with Gasteiger partial charge in [0.15, 0.2) is 11.3 Å². The lowest BCUT2D eigenvalue weighted by molar-refractivity contribution is 0.572. The standard InChI is InChI=1S/C14H8FN5O2.C14H8FN5O/c15-9-6-16-2-1-7(9)8-5-10-12(20-14(21)18-10)19-11(8)13-17-3-4-22-13;15-10-6-16-2-1-8(10)9-5-11-13(19-7-18-11)20-12(9)14-17-3-4-21-14/h1-6H,(H2,18,19,20,21);1-7H,(H,18,19,20). The fourth-order valence-corrected chi connectivity index (χ4v) is 4.44. The molecule has 0 aliphatic rings. The van der Waals surface area contributed by atoms with Gasteiger partial charge in [-0.05, 0) is 24.3 Å². The number of H-pyrrole nitrogens is 3. The minimum atomic E-state index is -0.505. The van der Waals surface area contributed by atoms with Crippen LogP contribution < -0.4 is 5.69 Å². The van der Waals surface area contributed by atoms with Gasteiger partial charge in [0.1, 0.15) is 35.5 Å². The number of nitrogens with one attached hydrogen (secondary N) is 3. The zero-order valence-corrected chi connectivity index (χ0v) is 21.6. The maximum absolute atomic E-state index is 14.1. The molecule has 210 valence electrons. The van der Waals surface area contributed by atoms with E-state index in [1.54, 1.807) is 18.2 Å². The zero-order chi connectivity index (χ0) is 29.3. The molecule has 0 aromatic carbocycles. The van der Waals surface area contributed by atoms with Gasteiger partial charge < -0.3 is 18.8 Å². The van der Waals surface area contributed by atoms with Crippen molar-refractivity contribution in [3.8, 4) is 45.4 Å². The van der Waals surface area contributed by atoms with E-state index in [9.17, 15) is 13.6 Å². The average molecular weight is 578 g/mol. The van der Waals surface area contributed by atoms with E-state index in [0.29, 0.717) is 61.9 Å². The average Bonchev–Trinajstić information content (AvgIpc) is 3.84. The Bertz CT molecular complexity index is 2260. The van der Waals surface area contributed by atoms with Crippen molar-refractivity contribution in [1.82, 2.24) is 49.8 Å². The second-order valence-corrected chi connectivity index (χ2v) is 8.90. The van der Waals surface area contributed by atoms with E-state index in [1.807, 2.05) is 0 Å². The summed E-state index contributed by atoms with van der Waals surface area (Å²) in [7, 11) is 0. The summed E-state index contributed by atoms with van der Waals surface area (Å²) in [5.41, 5.74) is 4.08. The van der Waals surface area contributed by atoms with Crippen molar-refractivity contribution in [1.29, 1.82) is 0 Å². The number of hydrogen-bond acceptors (Lipinski definition) is 10. The van der Waals surface area contributed by atoms with Gasteiger partial charge in [-0.2, -0.15) is 0 Å². The van der Waals surface area contributed by atoms with Crippen LogP contribution in [0.15, 0.2) is 93.9 Å². The predicted molar refractivity (Wildman–Crippen MR) is 148 cm³/mol. The van der Waals surface area contributed by atoms with Crippen LogP contribution in [0.4, 0.5) is 8.78 Å². The third-order valence-electron chi connectivity index (χ3n) is 6.31. The Morgan fingerprint density at radius 3 is 1.86 bits per heavy atom. The molecule has 0 bridgehead atoms. The summed E-state index contributed by atoms with van der Waals surface area (Å²) in [6.07, 6.45) is 12.6. The number of hydrogen-bond donors (Lipinski definition) is 3. The minimum absolute atomic E-state index is 0.232.